The number of esters is 1. The summed E-state index contributed by atoms with van der Waals surface area (Å²) in [5, 5.41) is 11.4. The van der Waals surface area contributed by atoms with E-state index in [-0.39, 0.29) is 0 Å². The van der Waals surface area contributed by atoms with E-state index in [1.54, 1.807) is 55.7 Å². The van der Waals surface area contributed by atoms with E-state index in [9.17, 15) is 9.59 Å². The average Bonchev–Trinajstić information content (AvgIpc) is 2.65. The molecular weight excluding hydrogens is 320 g/mol. The van der Waals surface area contributed by atoms with Gasteiger partial charge in [-0.3, -0.25) is 4.79 Å². The Morgan fingerprint density at radius 1 is 1.20 bits per heavy atom. The van der Waals surface area contributed by atoms with Gasteiger partial charge in [-0.1, -0.05) is 18.2 Å². The quantitative estimate of drug-likeness (QED) is 0.647. The van der Waals surface area contributed by atoms with E-state index in [4.69, 9.17) is 14.7 Å². The molecule has 0 aliphatic heterocycles. The SMILES string of the molecule is COc1cccc(/C=C/C(=O)OCC(=O)Nc2cccc(C#N)c2)c1. The van der Waals surface area contributed by atoms with Crippen molar-refractivity contribution in [2.24, 2.45) is 0 Å². The van der Waals surface area contributed by atoms with E-state index in [0.717, 1.165) is 5.56 Å². The lowest BCUT2D eigenvalue weighted by Gasteiger charge is -2.05. The molecule has 0 heterocycles. The van der Waals surface area contributed by atoms with Crippen molar-refractivity contribution in [1.29, 1.82) is 5.26 Å². The van der Waals surface area contributed by atoms with Crippen molar-refractivity contribution in [3.8, 4) is 11.8 Å². The number of methoxy groups -OCH3 is 1. The number of nitriles is 1. The Morgan fingerprint density at radius 2 is 2.00 bits per heavy atom. The van der Waals surface area contributed by atoms with Crippen LogP contribution in [-0.2, 0) is 14.3 Å². The second-order valence-electron chi connectivity index (χ2n) is 4.96. The van der Waals surface area contributed by atoms with Crippen LogP contribution in [0.1, 0.15) is 11.1 Å². The van der Waals surface area contributed by atoms with Crippen molar-refractivity contribution >= 4 is 23.6 Å². The van der Waals surface area contributed by atoms with Gasteiger partial charge in [0.05, 0.1) is 18.7 Å². The Kier molecular flexibility index (Phi) is 6.32. The number of nitrogens with one attached hydrogen (secondary N) is 1. The number of carbonyl (C=O) groups is 2. The smallest absolute Gasteiger partial charge is 0.331 e. The van der Waals surface area contributed by atoms with Crippen molar-refractivity contribution in [1.82, 2.24) is 0 Å². The number of amides is 1. The Bertz CT molecular complexity index is 837. The fourth-order valence-corrected chi connectivity index (χ4v) is 1.96. The van der Waals surface area contributed by atoms with Crippen LogP contribution in [0.5, 0.6) is 5.75 Å². The van der Waals surface area contributed by atoms with E-state index in [0.29, 0.717) is 17.0 Å². The van der Waals surface area contributed by atoms with Gasteiger partial charge >= 0.3 is 5.97 Å². The van der Waals surface area contributed by atoms with Crippen molar-refractivity contribution < 1.29 is 19.1 Å². The van der Waals surface area contributed by atoms with Gasteiger partial charge in [-0.15, -0.1) is 0 Å². The minimum absolute atomic E-state index is 0.419. The number of nitrogens with zero attached hydrogens (tertiary/aromatic N) is 1. The number of carbonyl (C=O) groups excluding carboxylic acids is 2. The number of hydrogen-bond acceptors (Lipinski definition) is 5. The van der Waals surface area contributed by atoms with Crippen LogP contribution in [0.4, 0.5) is 5.69 Å². The first kappa shape index (κ1) is 17.8. The van der Waals surface area contributed by atoms with Gasteiger partial charge in [0, 0.05) is 11.8 Å². The number of rotatable bonds is 6. The molecule has 0 aliphatic rings. The van der Waals surface area contributed by atoms with Crippen LogP contribution in [0.15, 0.2) is 54.6 Å². The summed E-state index contributed by atoms with van der Waals surface area (Å²) in [5.74, 6) is -0.448. The lowest BCUT2D eigenvalue weighted by Crippen LogP contribution is -2.20. The van der Waals surface area contributed by atoms with E-state index >= 15 is 0 Å². The summed E-state index contributed by atoms with van der Waals surface area (Å²) in [6, 6.07) is 15.6. The van der Waals surface area contributed by atoms with Crippen LogP contribution in [-0.4, -0.2) is 25.6 Å². The third-order valence-electron chi connectivity index (χ3n) is 3.13. The predicted octanol–water partition coefficient (Wildman–Crippen LogP) is 2.76. The Balaban J connectivity index is 1.83. The van der Waals surface area contributed by atoms with Crippen molar-refractivity contribution in [2.45, 2.75) is 0 Å². The zero-order valence-electron chi connectivity index (χ0n) is 13.6. The minimum Gasteiger partial charge on any atom is -0.497 e. The summed E-state index contributed by atoms with van der Waals surface area (Å²) in [5.41, 5.74) is 1.66. The maximum absolute atomic E-state index is 11.8. The van der Waals surface area contributed by atoms with Crippen LogP contribution in [0.2, 0.25) is 0 Å². The summed E-state index contributed by atoms with van der Waals surface area (Å²) in [4.78, 5) is 23.4. The fraction of sp³-hybridized carbons (Fsp3) is 0.105. The largest absolute Gasteiger partial charge is 0.497 e. The van der Waals surface area contributed by atoms with Crippen LogP contribution >= 0.6 is 0 Å². The molecule has 0 aromatic heterocycles. The highest BCUT2D eigenvalue weighted by Crippen LogP contribution is 2.13. The fourth-order valence-electron chi connectivity index (χ4n) is 1.96. The normalized spacial score (nSPS) is 10.1. The number of benzene rings is 2. The second-order valence-corrected chi connectivity index (χ2v) is 4.96. The summed E-state index contributed by atoms with van der Waals surface area (Å²) < 4.78 is 9.97. The van der Waals surface area contributed by atoms with Crippen molar-refractivity contribution in [3.63, 3.8) is 0 Å². The number of ether oxygens (including phenoxy) is 2. The molecule has 0 unspecified atom stereocenters. The van der Waals surface area contributed by atoms with Gasteiger partial charge in [0.1, 0.15) is 5.75 Å². The van der Waals surface area contributed by atoms with Gasteiger partial charge in [-0.2, -0.15) is 5.26 Å². The Morgan fingerprint density at radius 3 is 2.76 bits per heavy atom. The molecule has 0 spiro atoms. The van der Waals surface area contributed by atoms with Gasteiger partial charge in [0.2, 0.25) is 0 Å². The van der Waals surface area contributed by atoms with Crippen LogP contribution in [0, 0.1) is 11.3 Å². The summed E-state index contributed by atoms with van der Waals surface area (Å²) in [7, 11) is 1.56. The van der Waals surface area contributed by atoms with Crippen LogP contribution in [0.25, 0.3) is 6.08 Å². The van der Waals surface area contributed by atoms with Crippen molar-refractivity contribution in [3.05, 3.63) is 65.7 Å². The third-order valence-corrected chi connectivity index (χ3v) is 3.13. The summed E-state index contributed by atoms with van der Waals surface area (Å²) >= 11 is 0. The van der Waals surface area contributed by atoms with Crippen molar-refractivity contribution in [2.75, 3.05) is 19.0 Å². The first-order valence-electron chi connectivity index (χ1n) is 7.39. The zero-order chi connectivity index (χ0) is 18.1. The molecule has 0 radical (unpaired) electrons. The number of hydrogen-bond donors (Lipinski definition) is 1. The predicted molar refractivity (Wildman–Crippen MR) is 92.8 cm³/mol. The van der Waals surface area contributed by atoms with Gasteiger partial charge in [-0.25, -0.2) is 4.79 Å². The maximum Gasteiger partial charge on any atom is 0.331 e. The highest BCUT2D eigenvalue weighted by atomic mass is 16.5. The summed E-state index contributed by atoms with van der Waals surface area (Å²) in [6.07, 6.45) is 2.80. The maximum atomic E-state index is 11.8. The molecule has 0 atom stereocenters. The van der Waals surface area contributed by atoms with Crippen LogP contribution in [0.3, 0.4) is 0 Å². The lowest BCUT2D eigenvalue weighted by molar-refractivity contribution is -0.142. The molecule has 0 bridgehead atoms. The minimum atomic E-state index is -0.635. The molecule has 0 saturated carbocycles. The first-order chi connectivity index (χ1) is 12.1. The average molecular weight is 336 g/mol. The molecular formula is C19H16N2O4. The van der Waals surface area contributed by atoms with Gasteiger partial charge in [0.25, 0.3) is 5.91 Å². The van der Waals surface area contributed by atoms with Gasteiger partial charge in [0.15, 0.2) is 6.61 Å². The molecule has 25 heavy (non-hydrogen) atoms. The lowest BCUT2D eigenvalue weighted by atomic mass is 10.2. The Labute approximate surface area is 145 Å². The zero-order valence-corrected chi connectivity index (χ0v) is 13.6. The van der Waals surface area contributed by atoms with E-state index in [1.807, 2.05) is 6.07 Å². The van der Waals surface area contributed by atoms with Gasteiger partial charge in [-0.05, 0) is 42.0 Å². The van der Waals surface area contributed by atoms with E-state index in [2.05, 4.69) is 5.32 Å². The van der Waals surface area contributed by atoms with E-state index < -0.39 is 18.5 Å². The topological polar surface area (TPSA) is 88.4 Å². The Hall–Kier alpha value is -3.59. The molecule has 0 fully saturated rings. The first-order valence-corrected chi connectivity index (χ1v) is 7.39. The molecule has 126 valence electrons. The molecule has 6 heteroatoms. The highest BCUT2D eigenvalue weighted by molar-refractivity contribution is 5.94. The molecule has 1 amide bonds. The number of anilines is 1. The molecule has 0 aliphatic carbocycles. The molecule has 2 rings (SSSR count). The summed E-state index contributed by atoms with van der Waals surface area (Å²) in [6.45, 7) is -0.419. The second kappa shape index (κ2) is 8.89. The van der Waals surface area contributed by atoms with E-state index in [1.165, 1.54) is 12.1 Å². The van der Waals surface area contributed by atoms with Gasteiger partial charge < -0.3 is 14.8 Å². The molecule has 0 saturated heterocycles. The molecule has 6 nitrogen and oxygen atoms in total. The van der Waals surface area contributed by atoms with Crippen LogP contribution < -0.4 is 10.1 Å². The third kappa shape index (κ3) is 5.84. The standard InChI is InChI=1S/C19H16N2O4/c1-24-17-7-3-4-14(11-17)8-9-19(23)25-13-18(22)21-16-6-2-5-15(10-16)12-20/h2-11H,13H2,1H3,(H,21,22)/b9-8+. The molecule has 1 N–H and O–H groups in total. The highest BCUT2D eigenvalue weighted by Gasteiger charge is 2.06. The monoisotopic (exact) mass is 336 g/mol. The molecule has 2 aromatic carbocycles. The molecule has 2 aromatic rings.